The largest absolute Gasteiger partial charge is 0.392 e. The number of aliphatic hydroxyl groups is 1. The number of piperidine rings is 1. The van der Waals surface area contributed by atoms with Gasteiger partial charge in [0.15, 0.2) is 5.96 Å². The number of halogens is 1. The highest BCUT2D eigenvalue weighted by molar-refractivity contribution is 14.0. The summed E-state index contributed by atoms with van der Waals surface area (Å²) in [5.41, 5.74) is 1.97. The monoisotopic (exact) mass is 474 g/mol. The van der Waals surface area contributed by atoms with Crippen LogP contribution in [0.5, 0.6) is 0 Å². The van der Waals surface area contributed by atoms with E-state index in [2.05, 4.69) is 22.5 Å². The SMILES string of the molecule is CCNC(=NCc1ccccc1CO)N1CCC(CC(=O)NC)CC1.I. The Morgan fingerprint density at radius 2 is 1.92 bits per heavy atom. The van der Waals surface area contributed by atoms with Gasteiger partial charge in [0.1, 0.15) is 0 Å². The molecule has 1 aromatic rings. The summed E-state index contributed by atoms with van der Waals surface area (Å²) in [6.45, 7) is 5.29. The molecule has 1 amide bonds. The van der Waals surface area contributed by atoms with Crippen molar-refractivity contribution >= 4 is 35.8 Å². The number of hydrogen-bond acceptors (Lipinski definition) is 3. The van der Waals surface area contributed by atoms with Crippen LogP contribution in [0.2, 0.25) is 0 Å². The molecule has 0 bridgehead atoms. The lowest BCUT2D eigenvalue weighted by Crippen LogP contribution is -2.46. The van der Waals surface area contributed by atoms with E-state index in [1.165, 1.54) is 0 Å². The molecule has 0 unspecified atom stereocenters. The molecule has 0 atom stereocenters. The number of rotatable bonds is 6. The summed E-state index contributed by atoms with van der Waals surface area (Å²) in [4.78, 5) is 18.6. The smallest absolute Gasteiger partial charge is 0.220 e. The van der Waals surface area contributed by atoms with Crippen LogP contribution in [0.3, 0.4) is 0 Å². The van der Waals surface area contributed by atoms with E-state index in [0.29, 0.717) is 18.9 Å². The molecule has 6 nitrogen and oxygen atoms in total. The van der Waals surface area contributed by atoms with Crippen LogP contribution in [0.25, 0.3) is 0 Å². The molecule has 3 N–H and O–H groups in total. The third-order valence-corrected chi connectivity index (χ3v) is 4.69. The Kier molecular flexibility index (Phi) is 10.6. The van der Waals surface area contributed by atoms with E-state index in [-0.39, 0.29) is 36.5 Å². The summed E-state index contributed by atoms with van der Waals surface area (Å²) in [5, 5.41) is 15.5. The minimum Gasteiger partial charge on any atom is -0.392 e. The molecule has 1 saturated heterocycles. The van der Waals surface area contributed by atoms with Crippen molar-refractivity contribution in [2.24, 2.45) is 10.9 Å². The van der Waals surface area contributed by atoms with E-state index in [1.54, 1.807) is 7.05 Å². The molecule has 2 rings (SSSR count). The molecule has 1 aliphatic rings. The minimum atomic E-state index is 0. The van der Waals surface area contributed by atoms with Gasteiger partial charge in [-0.2, -0.15) is 0 Å². The van der Waals surface area contributed by atoms with E-state index >= 15 is 0 Å². The number of aliphatic hydroxyl groups excluding tert-OH is 1. The first-order chi connectivity index (χ1) is 12.2. The second kappa shape index (κ2) is 12.1. The van der Waals surface area contributed by atoms with Crippen LogP contribution in [0.15, 0.2) is 29.3 Å². The van der Waals surface area contributed by atoms with E-state index in [0.717, 1.165) is 49.6 Å². The topological polar surface area (TPSA) is 77.0 Å². The zero-order valence-electron chi connectivity index (χ0n) is 15.7. The zero-order valence-corrected chi connectivity index (χ0v) is 18.0. The summed E-state index contributed by atoms with van der Waals surface area (Å²) in [7, 11) is 1.69. The normalized spacial score (nSPS) is 15.3. The van der Waals surface area contributed by atoms with Crippen molar-refractivity contribution in [2.75, 3.05) is 26.7 Å². The van der Waals surface area contributed by atoms with Gasteiger partial charge in [-0.3, -0.25) is 4.79 Å². The second-order valence-corrected chi connectivity index (χ2v) is 6.40. The predicted octanol–water partition coefficient (Wildman–Crippen LogP) is 2.11. The average molecular weight is 474 g/mol. The van der Waals surface area contributed by atoms with Crippen LogP contribution in [-0.4, -0.2) is 48.6 Å². The van der Waals surface area contributed by atoms with E-state index in [9.17, 15) is 9.90 Å². The number of hydrogen-bond donors (Lipinski definition) is 3. The van der Waals surface area contributed by atoms with E-state index in [1.807, 2.05) is 24.3 Å². The Hall–Kier alpha value is -1.35. The van der Waals surface area contributed by atoms with Gasteiger partial charge >= 0.3 is 0 Å². The van der Waals surface area contributed by atoms with E-state index in [4.69, 9.17) is 4.99 Å². The molecule has 1 aliphatic heterocycles. The summed E-state index contributed by atoms with van der Waals surface area (Å²) in [5.74, 6) is 1.49. The third kappa shape index (κ3) is 6.75. The van der Waals surface area contributed by atoms with Crippen LogP contribution >= 0.6 is 24.0 Å². The summed E-state index contributed by atoms with van der Waals surface area (Å²) in [6.07, 6.45) is 2.62. The predicted molar refractivity (Wildman–Crippen MR) is 116 cm³/mol. The Bertz CT molecular complexity index is 587. The number of aliphatic imine (C=N–C) groups is 1. The molecule has 146 valence electrons. The average Bonchev–Trinajstić information content (AvgIpc) is 2.66. The lowest BCUT2D eigenvalue weighted by molar-refractivity contribution is -0.121. The Balaban J connectivity index is 0.00000338. The van der Waals surface area contributed by atoms with Crippen molar-refractivity contribution in [3.8, 4) is 0 Å². The molecule has 0 aliphatic carbocycles. The molecule has 1 heterocycles. The molecular weight excluding hydrogens is 443 g/mol. The van der Waals surface area contributed by atoms with Gasteiger partial charge in [0.05, 0.1) is 13.2 Å². The number of nitrogens with one attached hydrogen (secondary N) is 2. The fourth-order valence-corrected chi connectivity index (χ4v) is 3.17. The Morgan fingerprint density at radius 3 is 2.50 bits per heavy atom. The Labute approximate surface area is 173 Å². The van der Waals surface area contributed by atoms with Gasteiger partial charge < -0.3 is 20.6 Å². The number of carbonyl (C=O) groups excluding carboxylic acids is 1. The number of carbonyl (C=O) groups is 1. The summed E-state index contributed by atoms with van der Waals surface area (Å²) < 4.78 is 0. The van der Waals surface area contributed by atoms with Crippen molar-refractivity contribution in [2.45, 2.75) is 39.3 Å². The fraction of sp³-hybridized carbons (Fsp3) is 0.579. The molecule has 0 saturated carbocycles. The highest BCUT2D eigenvalue weighted by Crippen LogP contribution is 2.20. The highest BCUT2D eigenvalue weighted by Gasteiger charge is 2.23. The molecule has 0 spiro atoms. The first-order valence-corrected chi connectivity index (χ1v) is 9.09. The van der Waals surface area contributed by atoms with Gasteiger partial charge in [0.25, 0.3) is 0 Å². The maximum atomic E-state index is 11.5. The molecular formula is C19H31IN4O2. The number of benzene rings is 1. The minimum absolute atomic E-state index is 0. The van der Waals surface area contributed by atoms with Crippen LogP contribution in [0.1, 0.15) is 37.3 Å². The van der Waals surface area contributed by atoms with Crippen molar-refractivity contribution in [1.82, 2.24) is 15.5 Å². The van der Waals surface area contributed by atoms with Crippen LogP contribution < -0.4 is 10.6 Å². The lowest BCUT2D eigenvalue weighted by Gasteiger charge is -2.34. The summed E-state index contributed by atoms with van der Waals surface area (Å²) >= 11 is 0. The van der Waals surface area contributed by atoms with Crippen molar-refractivity contribution in [1.29, 1.82) is 0 Å². The first kappa shape index (κ1) is 22.7. The molecule has 1 aromatic carbocycles. The second-order valence-electron chi connectivity index (χ2n) is 6.40. The van der Waals surface area contributed by atoms with Crippen LogP contribution in [0.4, 0.5) is 0 Å². The lowest BCUT2D eigenvalue weighted by atomic mass is 9.93. The van der Waals surface area contributed by atoms with Crippen molar-refractivity contribution < 1.29 is 9.90 Å². The van der Waals surface area contributed by atoms with Gasteiger partial charge in [0.2, 0.25) is 5.91 Å². The highest BCUT2D eigenvalue weighted by atomic mass is 127. The van der Waals surface area contributed by atoms with Crippen molar-refractivity contribution in [3.63, 3.8) is 0 Å². The maximum absolute atomic E-state index is 11.5. The van der Waals surface area contributed by atoms with Crippen LogP contribution in [0, 0.1) is 5.92 Å². The Morgan fingerprint density at radius 1 is 1.27 bits per heavy atom. The van der Waals surface area contributed by atoms with Gasteiger partial charge in [-0.1, -0.05) is 24.3 Å². The first-order valence-electron chi connectivity index (χ1n) is 9.09. The van der Waals surface area contributed by atoms with Gasteiger partial charge in [-0.05, 0) is 36.8 Å². The molecule has 7 heteroatoms. The number of nitrogens with zero attached hydrogens (tertiary/aromatic N) is 2. The fourth-order valence-electron chi connectivity index (χ4n) is 3.17. The molecule has 0 aromatic heterocycles. The van der Waals surface area contributed by atoms with Crippen LogP contribution in [-0.2, 0) is 17.9 Å². The number of amides is 1. The van der Waals surface area contributed by atoms with Gasteiger partial charge in [-0.25, -0.2) is 4.99 Å². The zero-order chi connectivity index (χ0) is 18.1. The third-order valence-electron chi connectivity index (χ3n) is 4.69. The number of likely N-dealkylation sites (tertiary alicyclic amines) is 1. The summed E-state index contributed by atoms with van der Waals surface area (Å²) in [6, 6.07) is 7.85. The standard InChI is InChI=1S/C19H30N4O2.HI/c1-3-21-19(22-13-16-6-4-5-7-17(16)14-24)23-10-8-15(9-11-23)12-18(25)20-2;/h4-7,15,24H,3,8-14H2,1-2H3,(H,20,25)(H,21,22);1H. The number of guanidine groups is 1. The molecule has 26 heavy (non-hydrogen) atoms. The molecule has 1 fully saturated rings. The van der Waals surface area contributed by atoms with Crippen molar-refractivity contribution in [3.05, 3.63) is 35.4 Å². The quantitative estimate of drug-likeness (QED) is 0.336. The maximum Gasteiger partial charge on any atom is 0.220 e. The molecule has 0 radical (unpaired) electrons. The van der Waals surface area contributed by atoms with Gasteiger partial charge in [0, 0.05) is 33.1 Å². The van der Waals surface area contributed by atoms with E-state index < -0.39 is 0 Å². The van der Waals surface area contributed by atoms with Gasteiger partial charge in [-0.15, -0.1) is 24.0 Å².